The first-order valence-corrected chi connectivity index (χ1v) is 10.0. The third kappa shape index (κ3) is 5.33. The monoisotopic (exact) mass is 396 g/mol. The summed E-state index contributed by atoms with van der Waals surface area (Å²) in [6.45, 7) is 4.64. The smallest absolute Gasteiger partial charge is 0.258 e. The quantitative estimate of drug-likeness (QED) is 0.603. The molecule has 3 aromatic rings. The Bertz CT molecular complexity index is 902. The number of methoxy groups -OCH3 is 1. The summed E-state index contributed by atoms with van der Waals surface area (Å²) in [5.74, 6) is 1.80. The molecule has 0 aliphatic carbocycles. The Balaban J connectivity index is 1.47. The summed E-state index contributed by atoms with van der Waals surface area (Å²) < 4.78 is 10.7. The lowest BCUT2D eigenvalue weighted by Crippen LogP contribution is -2.28. The maximum Gasteiger partial charge on any atom is 0.258 e. The van der Waals surface area contributed by atoms with Gasteiger partial charge in [-0.05, 0) is 47.9 Å². The van der Waals surface area contributed by atoms with E-state index in [1.54, 1.807) is 18.4 Å². The largest absolute Gasteiger partial charge is 0.497 e. The van der Waals surface area contributed by atoms with Gasteiger partial charge in [-0.1, -0.05) is 26.0 Å². The highest BCUT2D eigenvalue weighted by Gasteiger charge is 2.08. The fourth-order valence-electron chi connectivity index (χ4n) is 2.59. The van der Waals surface area contributed by atoms with Crippen molar-refractivity contribution in [1.29, 1.82) is 0 Å². The molecule has 0 spiro atoms. The van der Waals surface area contributed by atoms with E-state index < -0.39 is 0 Å². The van der Waals surface area contributed by atoms with Crippen LogP contribution in [0.15, 0.2) is 53.9 Å². The van der Waals surface area contributed by atoms with Crippen LogP contribution in [0.3, 0.4) is 0 Å². The van der Waals surface area contributed by atoms with Gasteiger partial charge in [0, 0.05) is 10.9 Å². The Morgan fingerprint density at radius 3 is 2.39 bits per heavy atom. The third-order valence-electron chi connectivity index (χ3n) is 4.27. The van der Waals surface area contributed by atoms with Crippen molar-refractivity contribution < 1.29 is 14.3 Å². The topological polar surface area (TPSA) is 60.5 Å². The molecule has 28 heavy (non-hydrogen) atoms. The minimum absolute atomic E-state index is 0.0174. The number of carbonyl (C=O) groups is 1. The zero-order valence-corrected chi connectivity index (χ0v) is 17.1. The summed E-state index contributed by atoms with van der Waals surface area (Å²) >= 11 is 1.55. The molecule has 0 saturated carbocycles. The number of nitrogens with one attached hydrogen (secondary N) is 1. The molecule has 0 aliphatic heterocycles. The van der Waals surface area contributed by atoms with Crippen molar-refractivity contribution in [2.24, 2.45) is 0 Å². The van der Waals surface area contributed by atoms with Crippen LogP contribution >= 0.6 is 11.3 Å². The molecule has 3 rings (SSSR count). The zero-order valence-electron chi connectivity index (χ0n) is 16.3. The average Bonchev–Trinajstić information content (AvgIpc) is 3.20. The van der Waals surface area contributed by atoms with Crippen molar-refractivity contribution in [2.75, 3.05) is 13.7 Å². The molecule has 0 aliphatic rings. The van der Waals surface area contributed by atoms with Crippen LogP contribution in [-0.4, -0.2) is 24.6 Å². The maximum atomic E-state index is 12.0. The summed E-state index contributed by atoms with van der Waals surface area (Å²) in [5.41, 5.74) is 3.09. The van der Waals surface area contributed by atoms with Gasteiger partial charge in [0.2, 0.25) is 0 Å². The molecule has 0 unspecified atom stereocenters. The van der Waals surface area contributed by atoms with E-state index in [0.717, 1.165) is 22.0 Å². The number of benzene rings is 2. The lowest BCUT2D eigenvalue weighted by atomic mass is 10.0. The van der Waals surface area contributed by atoms with E-state index in [1.165, 1.54) is 5.56 Å². The van der Waals surface area contributed by atoms with E-state index in [-0.39, 0.29) is 12.5 Å². The van der Waals surface area contributed by atoms with Crippen molar-refractivity contribution in [1.82, 2.24) is 10.3 Å². The molecule has 0 radical (unpaired) electrons. The van der Waals surface area contributed by atoms with E-state index in [9.17, 15) is 4.79 Å². The summed E-state index contributed by atoms with van der Waals surface area (Å²) in [4.78, 5) is 16.6. The average molecular weight is 397 g/mol. The van der Waals surface area contributed by atoms with Crippen molar-refractivity contribution in [3.05, 3.63) is 65.2 Å². The van der Waals surface area contributed by atoms with E-state index in [2.05, 4.69) is 24.1 Å². The van der Waals surface area contributed by atoms with Gasteiger partial charge < -0.3 is 14.8 Å². The molecule has 1 heterocycles. The molecule has 2 aromatic carbocycles. The summed E-state index contributed by atoms with van der Waals surface area (Å²) in [6, 6.07) is 15.6. The first kappa shape index (κ1) is 19.9. The molecule has 5 nitrogen and oxygen atoms in total. The number of ether oxygens (including phenoxy) is 2. The van der Waals surface area contributed by atoms with Gasteiger partial charge in [0.15, 0.2) is 6.61 Å². The first-order chi connectivity index (χ1) is 13.5. The Morgan fingerprint density at radius 2 is 1.75 bits per heavy atom. The Hall–Kier alpha value is -2.86. The van der Waals surface area contributed by atoms with Crippen LogP contribution < -0.4 is 14.8 Å². The van der Waals surface area contributed by atoms with E-state index in [4.69, 9.17) is 9.47 Å². The maximum absolute atomic E-state index is 12.0. The van der Waals surface area contributed by atoms with Gasteiger partial charge in [-0.15, -0.1) is 11.3 Å². The fraction of sp³-hybridized carbons (Fsp3) is 0.273. The molecule has 146 valence electrons. The molecular formula is C22H24N2O3S. The minimum Gasteiger partial charge on any atom is -0.497 e. The van der Waals surface area contributed by atoms with E-state index >= 15 is 0 Å². The van der Waals surface area contributed by atoms with Crippen molar-refractivity contribution in [3.63, 3.8) is 0 Å². The summed E-state index contributed by atoms with van der Waals surface area (Å²) in [6.07, 6.45) is 0. The van der Waals surface area contributed by atoms with Gasteiger partial charge in [-0.25, -0.2) is 4.98 Å². The standard InChI is InChI=1S/C22H24N2O3S/c1-15(2)16-4-10-20(11-5-16)27-13-21(25)23-12-18-14-28-22(24-18)17-6-8-19(26-3)9-7-17/h4-11,14-15H,12-13H2,1-3H3,(H,23,25). The molecule has 1 amide bonds. The predicted octanol–water partition coefficient (Wildman–Crippen LogP) is 4.64. The highest BCUT2D eigenvalue weighted by Crippen LogP contribution is 2.25. The van der Waals surface area contributed by atoms with Crippen LogP contribution in [0.1, 0.15) is 31.0 Å². The van der Waals surface area contributed by atoms with Gasteiger partial charge in [0.05, 0.1) is 19.3 Å². The van der Waals surface area contributed by atoms with Crippen molar-refractivity contribution in [3.8, 4) is 22.1 Å². The molecule has 0 bridgehead atoms. The number of thiazole rings is 1. The van der Waals surface area contributed by atoms with Crippen LogP contribution in [0.4, 0.5) is 0 Å². The lowest BCUT2D eigenvalue weighted by Gasteiger charge is -2.09. The third-order valence-corrected chi connectivity index (χ3v) is 5.21. The summed E-state index contributed by atoms with van der Waals surface area (Å²) in [5, 5.41) is 5.70. The number of hydrogen-bond acceptors (Lipinski definition) is 5. The van der Waals surface area contributed by atoms with Gasteiger partial charge in [0.25, 0.3) is 5.91 Å². The molecule has 0 atom stereocenters. The highest BCUT2D eigenvalue weighted by molar-refractivity contribution is 7.13. The summed E-state index contributed by atoms with van der Waals surface area (Å²) in [7, 11) is 1.64. The number of aromatic nitrogens is 1. The Morgan fingerprint density at radius 1 is 1.07 bits per heavy atom. The molecule has 6 heteroatoms. The molecule has 1 aromatic heterocycles. The van der Waals surface area contributed by atoms with E-state index in [1.807, 2.05) is 53.9 Å². The number of hydrogen-bond donors (Lipinski definition) is 1. The zero-order chi connectivity index (χ0) is 19.9. The minimum atomic E-state index is -0.174. The van der Waals surface area contributed by atoms with Gasteiger partial charge in [-0.3, -0.25) is 4.79 Å². The second-order valence-electron chi connectivity index (χ2n) is 6.66. The molecule has 1 N–H and O–H groups in total. The second-order valence-corrected chi connectivity index (χ2v) is 7.52. The highest BCUT2D eigenvalue weighted by atomic mass is 32.1. The van der Waals surface area contributed by atoms with Gasteiger partial charge in [-0.2, -0.15) is 0 Å². The van der Waals surface area contributed by atoms with Crippen LogP contribution in [0.5, 0.6) is 11.5 Å². The SMILES string of the molecule is COc1ccc(-c2nc(CNC(=O)COc3ccc(C(C)C)cc3)cs2)cc1. The second kappa shape index (κ2) is 9.37. The lowest BCUT2D eigenvalue weighted by molar-refractivity contribution is -0.123. The molecule has 0 fully saturated rings. The first-order valence-electron chi connectivity index (χ1n) is 9.13. The predicted molar refractivity (Wildman–Crippen MR) is 112 cm³/mol. The Labute approximate surface area is 169 Å². The molecular weight excluding hydrogens is 372 g/mol. The number of nitrogens with zero attached hydrogens (tertiary/aromatic N) is 1. The van der Waals surface area contributed by atoms with Crippen molar-refractivity contribution in [2.45, 2.75) is 26.3 Å². The number of carbonyl (C=O) groups excluding carboxylic acids is 1. The number of rotatable bonds is 8. The van der Waals surface area contributed by atoms with Crippen LogP contribution in [0.25, 0.3) is 10.6 Å². The van der Waals surface area contributed by atoms with Gasteiger partial charge >= 0.3 is 0 Å². The van der Waals surface area contributed by atoms with Crippen molar-refractivity contribution >= 4 is 17.2 Å². The van der Waals surface area contributed by atoms with Crippen LogP contribution in [0, 0.1) is 0 Å². The van der Waals surface area contributed by atoms with Gasteiger partial charge in [0.1, 0.15) is 16.5 Å². The normalized spacial score (nSPS) is 10.7. The molecule has 0 saturated heterocycles. The Kier molecular flexibility index (Phi) is 6.66. The van der Waals surface area contributed by atoms with Crippen LogP contribution in [-0.2, 0) is 11.3 Å². The fourth-order valence-corrected chi connectivity index (χ4v) is 3.42. The van der Waals surface area contributed by atoms with Crippen LogP contribution in [0.2, 0.25) is 0 Å². The number of amides is 1. The van der Waals surface area contributed by atoms with E-state index in [0.29, 0.717) is 18.2 Å².